The fourth-order valence-corrected chi connectivity index (χ4v) is 2.69. The molecule has 0 aromatic carbocycles. The normalized spacial score (nSPS) is 27.9. The molecule has 1 aromatic heterocycles. The van der Waals surface area contributed by atoms with E-state index in [1.807, 2.05) is 12.4 Å². The molecule has 0 bridgehead atoms. The highest BCUT2D eigenvalue weighted by Crippen LogP contribution is 2.28. The summed E-state index contributed by atoms with van der Waals surface area (Å²) in [5, 5.41) is 0. The van der Waals surface area contributed by atoms with Gasteiger partial charge < -0.3 is 5.73 Å². The third kappa shape index (κ3) is 2.85. The summed E-state index contributed by atoms with van der Waals surface area (Å²) in [5.74, 6) is 1.41. The van der Waals surface area contributed by atoms with E-state index < -0.39 is 0 Å². The maximum Gasteiger partial charge on any atom is 0.0321 e. The highest BCUT2D eigenvalue weighted by atomic mass is 15.2. The number of likely N-dealkylation sites (tertiary alicyclic amines) is 1. The third-order valence-corrected chi connectivity index (χ3v) is 4.18. The van der Waals surface area contributed by atoms with Crippen molar-refractivity contribution in [3.05, 3.63) is 30.1 Å². The van der Waals surface area contributed by atoms with E-state index in [1.54, 1.807) is 0 Å². The van der Waals surface area contributed by atoms with E-state index in [4.69, 9.17) is 5.73 Å². The summed E-state index contributed by atoms with van der Waals surface area (Å²) < 4.78 is 0. The van der Waals surface area contributed by atoms with Crippen molar-refractivity contribution in [1.82, 2.24) is 9.88 Å². The minimum absolute atomic E-state index is 0.472. The van der Waals surface area contributed by atoms with Crippen LogP contribution in [0.25, 0.3) is 0 Å². The Bertz CT molecular complexity index is 339. The van der Waals surface area contributed by atoms with Crippen LogP contribution in [-0.4, -0.2) is 29.5 Å². The van der Waals surface area contributed by atoms with Crippen molar-refractivity contribution in [2.45, 2.75) is 26.3 Å². The quantitative estimate of drug-likeness (QED) is 0.869. The molecule has 94 valence electrons. The summed E-state index contributed by atoms with van der Waals surface area (Å²) in [6.07, 6.45) is 5.01. The Morgan fingerprint density at radius 1 is 1.47 bits per heavy atom. The van der Waals surface area contributed by atoms with Crippen molar-refractivity contribution >= 4 is 0 Å². The van der Waals surface area contributed by atoms with E-state index in [9.17, 15) is 0 Å². The molecule has 1 fully saturated rings. The molecule has 17 heavy (non-hydrogen) atoms. The topological polar surface area (TPSA) is 42.2 Å². The molecule has 3 atom stereocenters. The lowest BCUT2D eigenvalue weighted by molar-refractivity contribution is 0.0978. The maximum atomic E-state index is 5.86. The van der Waals surface area contributed by atoms with Gasteiger partial charge in [-0.3, -0.25) is 9.88 Å². The fraction of sp³-hybridized carbons (Fsp3) is 0.643. The molecule has 2 rings (SSSR count). The molecule has 3 heteroatoms. The molecule has 3 nitrogen and oxygen atoms in total. The first kappa shape index (κ1) is 12.5. The van der Waals surface area contributed by atoms with E-state index in [0.29, 0.717) is 12.0 Å². The van der Waals surface area contributed by atoms with Crippen molar-refractivity contribution < 1.29 is 0 Å². The van der Waals surface area contributed by atoms with Crippen LogP contribution in [0.5, 0.6) is 0 Å². The van der Waals surface area contributed by atoms with E-state index in [2.05, 4.69) is 35.9 Å². The summed E-state index contributed by atoms with van der Waals surface area (Å²) in [5.41, 5.74) is 7.21. The Balaban J connectivity index is 2.03. The molecule has 2 heterocycles. The van der Waals surface area contributed by atoms with Gasteiger partial charge in [0.15, 0.2) is 0 Å². The van der Waals surface area contributed by atoms with Gasteiger partial charge in [-0.05, 0) is 56.0 Å². The van der Waals surface area contributed by atoms with E-state index in [0.717, 1.165) is 19.0 Å². The van der Waals surface area contributed by atoms with Crippen LogP contribution in [-0.2, 0) is 0 Å². The van der Waals surface area contributed by atoms with E-state index >= 15 is 0 Å². The van der Waals surface area contributed by atoms with Crippen LogP contribution < -0.4 is 5.73 Å². The van der Waals surface area contributed by atoms with Gasteiger partial charge in [-0.15, -0.1) is 0 Å². The summed E-state index contributed by atoms with van der Waals surface area (Å²) in [4.78, 5) is 6.63. The van der Waals surface area contributed by atoms with Crippen LogP contribution in [0.15, 0.2) is 24.5 Å². The number of pyridine rings is 1. The van der Waals surface area contributed by atoms with Gasteiger partial charge in [0.2, 0.25) is 0 Å². The van der Waals surface area contributed by atoms with Crippen molar-refractivity contribution in [2.24, 2.45) is 17.6 Å². The second kappa shape index (κ2) is 5.61. The van der Waals surface area contributed by atoms with Crippen molar-refractivity contribution in [3.8, 4) is 0 Å². The molecule has 3 unspecified atom stereocenters. The second-order valence-electron chi connectivity index (χ2n) is 5.21. The van der Waals surface area contributed by atoms with Gasteiger partial charge in [0.05, 0.1) is 0 Å². The van der Waals surface area contributed by atoms with Gasteiger partial charge >= 0.3 is 0 Å². The monoisotopic (exact) mass is 233 g/mol. The molecule has 0 spiro atoms. The molecule has 0 aliphatic carbocycles. The third-order valence-electron chi connectivity index (χ3n) is 4.18. The first-order valence-corrected chi connectivity index (χ1v) is 6.56. The van der Waals surface area contributed by atoms with Crippen molar-refractivity contribution in [1.29, 1.82) is 0 Å². The van der Waals surface area contributed by atoms with Gasteiger partial charge in [0.1, 0.15) is 0 Å². The number of rotatable bonds is 3. The summed E-state index contributed by atoms with van der Waals surface area (Å²) in [7, 11) is 0. The van der Waals surface area contributed by atoms with Crippen LogP contribution in [0.4, 0.5) is 0 Å². The molecule has 0 radical (unpaired) electrons. The molecule has 1 aliphatic heterocycles. The predicted octanol–water partition coefficient (Wildman–Crippen LogP) is 2.06. The van der Waals surface area contributed by atoms with Crippen LogP contribution in [0.2, 0.25) is 0 Å². The van der Waals surface area contributed by atoms with Crippen molar-refractivity contribution in [2.75, 3.05) is 19.6 Å². The molecule has 2 N–H and O–H groups in total. The average molecular weight is 233 g/mol. The zero-order chi connectivity index (χ0) is 12.3. The number of nitrogens with two attached hydrogens (primary N) is 1. The Morgan fingerprint density at radius 3 is 2.82 bits per heavy atom. The van der Waals surface area contributed by atoms with Gasteiger partial charge in [-0.2, -0.15) is 0 Å². The molecule has 0 saturated carbocycles. The van der Waals surface area contributed by atoms with Gasteiger partial charge in [-0.1, -0.05) is 6.92 Å². The second-order valence-corrected chi connectivity index (χ2v) is 5.21. The Kier molecular flexibility index (Phi) is 4.13. The largest absolute Gasteiger partial charge is 0.330 e. The average Bonchev–Trinajstić information content (AvgIpc) is 2.39. The molecular weight excluding hydrogens is 210 g/mol. The molecular formula is C14H23N3. The Morgan fingerprint density at radius 2 is 2.18 bits per heavy atom. The maximum absolute atomic E-state index is 5.86. The van der Waals surface area contributed by atoms with Crippen LogP contribution in [0, 0.1) is 11.8 Å². The predicted molar refractivity (Wildman–Crippen MR) is 70.6 cm³/mol. The zero-order valence-electron chi connectivity index (χ0n) is 10.8. The van der Waals surface area contributed by atoms with Crippen LogP contribution in [0.1, 0.15) is 31.9 Å². The van der Waals surface area contributed by atoms with Gasteiger partial charge in [-0.25, -0.2) is 0 Å². The molecule has 1 aromatic rings. The first-order chi connectivity index (χ1) is 8.22. The lowest BCUT2D eigenvalue weighted by Crippen LogP contribution is -2.43. The number of aromatic nitrogens is 1. The Labute approximate surface area is 104 Å². The molecule has 0 amide bonds. The summed E-state index contributed by atoms with van der Waals surface area (Å²) in [6.45, 7) is 7.72. The minimum atomic E-state index is 0.472. The van der Waals surface area contributed by atoms with E-state index in [-0.39, 0.29) is 0 Å². The first-order valence-electron chi connectivity index (χ1n) is 6.56. The smallest absolute Gasteiger partial charge is 0.0321 e. The van der Waals surface area contributed by atoms with Gasteiger partial charge in [0, 0.05) is 25.0 Å². The van der Waals surface area contributed by atoms with Crippen LogP contribution >= 0.6 is 0 Å². The summed E-state index contributed by atoms with van der Waals surface area (Å²) >= 11 is 0. The van der Waals surface area contributed by atoms with Gasteiger partial charge in [0.25, 0.3) is 0 Å². The fourth-order valence-electron chi connectivity index (χ4n) is 2.69. The van der Waals surface area contributed by atoms with Crippen molar-refractivity contribution in [3.63, 3.8) is 0 Å². The Hall–Kier alpha value is -0.930. The molecule has 1 saturated heterocycles. The standard InChI is InChI=1S/C14H23N3/c1-11-5-8-17(10-14(11)9-15)12(2)13-3-6-16-7-4-13/h3-4,6-7,11-12,14H,5,8-10,15H2,1-2H3. The lowest BCUT2D eigenvalue weighted by Gasteiger charge is -2.40. The minimum Gasteiger partial charge on any atom is -0.330 e. The highest BCUT2D eigenvalue weighted by Gasteiger charge is 2.28. The summed E-state index contributed by atoms with van der Waals surface area (Å²) in [6, 6.07) is 4.69. The SMILES string of the molecule is CC1CCN(C(C)c2ccncc2)CC1CN. The number of nitrogens with zero attached hydrogens (tertiary/aromatic N) is 2. The lowest BCUT2D eigenvalue weighted by atomic mass is 9.86. The number of piperidine rings is 1. The van der Waals surface area contributed by atoms with Crippen LogP contribution in [0.3, 0.4) is 0 Å². The van der Waals surface area contributed by atoms with E-state index in [1.165, 1.54) is 18.5 Å². The highest BCUT2D eigenvalue weighted by molar-refractivity contribution is 5.14. The molecule has 1 aliphatic rings. The zero-order valence-corrected chi connectivity index (χ0v) is 10.8. The number of hydrogen-bond donors (Lipinski definition) is 1. The number of hydrogen-bond acceptors (Lipinski definition) is 3.